The fraction of sp³-hybridized carbons (Fsp3) is 0.562. The summed E-state index contributed by atoms with van der Waals surface area (Å²) in [7, 11) is 4.12. The van der Waals surface area contributed by atoms with Crippen LogP contribution in [0.3, 0.4) is 0 Å². The highest BCUT2D eigenvalue weighted by Crippen LogP contribution is 2.15. The first kappa shape index (κ1) is 15.8. The number of nitrogens with one attached hydrogen (secondary N) is 1. The molecule has 0 saturated carbocycles. The molecule has 0 aliphatic heterocycles. The molecule has 0 atom stereocenters. The van der Waals surface area contributed by atoms with Gasteiger partial charge in [-0.3, -0.25) is 4.90 Å². The molecule has 0 bridgehead atoms. The second kappa shape index (κ2) is 6.45. The van der Waals surface area contributed by atoms with Crippen molar-refractivity contribution in [3.63, 3.8) is 0 Å². The van der Waals surface area contributed by atoms with Gasteiger partial charge in [0.1, 0.15) is 11.6 Å². The molecule has 21 heavy (non-hydrogen) atoms. The number of rotatable bonds is 6. The van der Waals surface area contributed by atoms with Gasteiger partial charge in [0.2, 0.25) is 0 Å². The molecule has 0 unspecified atom stereocenters. The quantitative estimate of drug-likeness (QED) is 0.888. The lowest BCUT2D eigenvalue weighted by atomic mass is 10.1. The predicted molar refractivity (Wildman–Crippen MR) is 83.7 cm³/mol. The Labute approximate surface area is 127 Å². The van der Waals surface area contributed by atoms with Crippen molar-refractivity contribution < 1.29 is 4.42 Å². The average Bonchev–Trinajstić information content (AvgIpc) is 2.96. The third kappa shape index (κ3) is 4.72. The molecule has 0 amide bonds. The molecule has 0 radical (unpaired) electrons. The van der Waals surface area contributed by atoms with Crippen LogP contribution < -0.4 is 5.32 Å². The van der Waals surface area contributed by atoms with Crippen LogP contribution in [0.25, 0.3) is 0 Å². The summed E-state index contributed by atoms with van der Waals surface area (Å²) in [5, 5.41) is 3.46. The highest BCUT2D eigenvalue weighted by Gasteiger charge is 2.14. The van der Waals surface area contributed by atoms with Gasteiger partial charge in [0.15, 0.2) is 0 Å². The maximum absolute atomic E-state index is 5.61. The standard InChI is InChI=1S/C16H26N4O/c1-16(2,3)18-10-14-13(6-9-21-14)11-19(4)12-15-17-7-8-20(15)5/h6-9,18H,10-12H2,1-5H3. The maximum Gasteiger partial charge on any atom is 0.122 e. The van der Waals surface area contributed by atoms with E-state index in [9.17, 15) is 0 Å². The van der Waals surface area contributed by atoms with Gasteiger partial charge in [0.25, 0.3) is 0 Å². The smallest absolute Gasteiger partial charge is 0.122 e. The van der Waals surface area contributed by atoms with E-state index >= 15 is 0 Å². The summed E-state index contributed by atoms with van der Waals surface area (Å²) in [5.41, 5.74) is 1.31. The van der Waals surface area contributed by atoms with E-state index in [1.807, 2.05) is 24.0 Å². The molecule has 5 nitrogen and oxygen atoms in total. The first-order valence-electron chi connectivity index (χ1n) is 7.30. The fourth-order valence-corrected chi connectivity index (χ4v) is 2.15. The zero-order valence-corrected chi connectivity index (χ0v) is 13.7. The van der Waals surface area contributed by atoms with Gasteiger partial charge in [-0.1, -0.05) is 0 Å². The summed E-state index contributed by atoms with van der Waals surface area (Å²) in [6, 6.07) is 2.05. The van der Waals surface area contributed by atoms with Gasteiger partial charge in [0, 0.05) is 37.1 Å². The van der Waals surface area contributed by atoms with Crippen molar-refractivity contribution >= 4 is 0 Å². The first-order chi connectivity index (χ1) is 9.85. The molecule has 0 aliphatic carbocycles. The first-order valence-corrected chi connectivity index (χ1v) is 7.30. The monoisotopic (exact) mass is 290 g/mol. The summed E-state index contributed by atoms with van der Waals surface area (Å²) in [4.78, 5) is 6.61. The topological polar surface area (TPSA) is 46.2 Å². The lowest BCUT2D eigenvalue weighted by Crippen LogP contribution is -2.35. The van der Waals surface area contributed by atoms with Crippen molar-refractivity contribution in [3.05, 3.63) is 41.9 Å². The molecule has 2 heterocycles. The minimum absolute atomic E-state index is 0.0862. The van der Waals surface area contributed by atoms with Crippen molar-refractivity contribution in [1.29, 1.82) is 0 Å². The van der Waals surface area contributed by atoms with E-state index in [0.717, 1.165) is 31.2 Å². The van der Waals surface area contributed by atoms with Crippen LogP contribution in [-0.4, -0.2) is 27.0 Å². The average molecular weight is 290 g/mol. The third-order valence-electron chi connectivity index (χ3n) is 3.39. The zero-order valence-electron chi connectivity index (χ0n) is 13.7. The third-order valence-corrected chi connectivity index (χ3v) is 3.39. The number of furan rings is 1. The molecule has 0 aromatic carbocycles. The van der Waals surface area contributed by atoms with Gasteiger partial charge in [-0.25, -0.2) is 4.98 Å². The van der Waals surface area contributed by atoms with E-state index in [-0.39, 0.29) is 5.54 Å². The van der Waals surface area contributed by atoms with Crippen LogP contribution in [0, 0.1) is 0 Å². The normalized spacial score (nSPS) is 12.3. The predicted octanol–water partition coefficient (Wildman–Crippen LogP) is 2.53. The Hall–Kier alpha value is -1.59. The Morgan fingerprint density at radius 3 is 2.71 bits per heavy atom. The zero-order chi connectivity index (χ0) is 15.5. The van der Waals surface area contributed by atoms with Crippen molar-refractivity contribution in [2.75, 3.05) is 7.05 Å². The SMILES string of the molecule is CN(Cc1ccoc1CNC(C)(C)C)Cc1nccn1C. The van der Waals surface area contributed by atoms with Gasteiger partial charge >= 0.3 is 0 Å². The van der Waals surface area contributed by atoms with Crippen molar-refractivity contribution in [2.24, 2.45) is 7.05 Å². The van der Waals surface area contributed by atoms with Gasteiger partial charge in [-0.05, 0) is 33.9 Å². The number of aromatic nitrogens is 2. The van der Waals surface area contributed by atoms with Gasteiger partial charge in [0.05, 0.1) is 19.4 Å². The van der Waals surface area contributed by atoms with E-state index in [0.29, 0.717) is 0 Å². The molecule has 2 rings (SSSR count). The van der Waals surface area contributed by atoms with E-state index in [1.54, 1.807) is 6.26 Å². The lowest BCUT2D eigenvalue weighted by molar-refractivity contribution is 0.301. The number of imidazole rings is 1. The molecule has 116 valence electrons. The Morgan fingerprint density at radius 2 is 2.10 bits per heavy atom. The molecular weight excluding hydrogens is 264 g/mol. The summed E-state index contributed by atoms with van der Waals surface area (Å²) in [6.45, 7) is 8.89. The Morgan fingerprint density at radius 1 is 1.33 bits per heavy atom. The number of hydrogen-bond donors (Lipinski definition) is 1. The van der Waals surface area contributed by atoms with Gasteiger partial charge < -0.3 is 14.3 Å². The molecule has 1 N–H and O–H groups in total. The van der Waals surface area contributed by atoms with Gasteiger partial charge in [-0.15, -0.1) is 0 Å². The molecule has 2 aromatic heterocycles. The number of aryl methyl sites for hydroxylation is 1. The number of nitrogens with zero attached hydrogens (tertiary/aromatic N) is 3. The van der Waals surface area contributed by atoms with E-state index < -0.39 is 0 Å². The molecule has 0 fully saturated rings. The summed E-state index contributed by atoms with van der Waals surface area (Å²) < 4.78 is 7.66. The van der Waals surface area contributed by atoms with Crippen molar-refractivity contribution in [2.45, 2.75) is 45.9 Å². The second-order valence-corrected chi connectivity index (χ2v) is 6.60. The van der Waals surface area contributed by atoms with Crippen LogP contribution in [0.1, 0.15) is 37.9 Å². The number of hydrogen-bond acceptors (Lipinski definition) is 4. The van der Waals surface area contributed by atoms with Gasteiger partial charge in [-0.2, -0.15) is 0 Å². The van der Waals surface area contributed by atoms with Crippen LogP contribution in [0.2, 0.25) is 0 Å². The Bertz CT molecular complexity index is 565. The highest BCUT2D eigenvalue weighted by atomic mass is 16.3. The van der Waals surface area contributed by atoms with Crippen molar-refractivity contribution in [1.82, 2.24) is 19.8 Å². The Balaban J connectivity index is 1.94. The highest BCUT2D eigenvalue weighted by molar-refractivity contribution is 5.17. The van der Waals surface area contributed by atoms with Crippen LogP contribution in [0.4, 0.5) is 0 Å². The molecule has 0 aliphatic rings. The van der Waals surface area contributed by atoms with Crippen LogP contribution in [0.5, 0.6) is 0 Å². The largest absolute Gasteiger partial charge is 0.468 e. The molecule has 5 heteroatoms. The second-order valence-electron chi connectivity index (χ2n) is 6.60. The molecule has 0 spiro atoms. The molecular formula is C16H26N4O. The van der Waals surface area contributed by atoms with Crippen LogP contribution in [-0.2, 0) is 26.7 Å². The lowest BCUT2D eigenvalue weighted by Gasteiger charge is -2.21. The molecule has 0 saturated heterocycles. The summed E-state index contributed by atoms with van der Waals surface area (Å²) in [5.74, 6) is 2.08. The van der Waals surface area contributed by atoms with Crippen LogP contribution >= 0.6 is 0 Å². The van der Waals surface area contributed by atoms with E-state index in [1.165, 1.54) is 5.56 Å². The maximum atomic E-state index is 5.61. The van der Waals surface area contributed by atoms with Crippen LogP contribution in [0.15, 0.2) is 29.1 Å². The van der Waals surface area contributed by atoms with E-state index in [4.69, 9.17) is 4.42 Å². The van der Waals surface area contributed by atoms with Crippen molar-refractivity contribution in [3.8, 4) is 0 Å². The minimum Gasteiger partial charge on any atom is -0.468 e. The summed E-state index contributed by atoms with van der Waals surface area (Å²) in [6.07, 6.45) is 5.57. The Kier molecular flexibility index (Phi) is 4.85. The fourth-order valence-electron chi connectivity index (χ4n) is 2.15. The minimum atomic E-state index is 0.0862. The molecule has 2 aromatic rings. The van der Waals surface area contributed by atoms with E-state index in [2.05, 4.69) is 49.1 Å². The summed E-state index contributed by atoms with van der Waals surface area (Å²) >= 11 is 0.